The molecule has 0 saturated carbocycles. The molecule has 0 bridgehead atoms. The molecule has 1 saturated heterocycles. The molecule has 100 valence electrons. The van der Waals surface area contributed by atoms with Gasteiger partial charge >= 0.3 is 0 Å². The summed E-state index contributed by atoms with van der Waals surface area (Å²) < 4.78 is 0. The van der Waals surface area contributed by atoms with Crippen molar-refractivity contribution in [3.8, 4) is 0 Å². The third kappa shape index (κ3) is 4.91. The van der Waals surface area contributed by atoms with E-state index >= 15 is 0 Å². The lowest BCUT2D eigenvalue weighted by atomic mass is 10.0. The monoisotopic (exact) mass is 263 g/mol. The number of halogens is 1. The maximum Gasteiger partial charge on any atom is 0.240 e. The van der Waals surface area contributed by atoms with Crippen LogP contribution in [-0.4, -0.2) is 41.9 Å². The molecule has 1 atom stereocenters. The zero-order chi connectivity index (χ0) is 12.1. The Morgan fingerprint density at radius 1 is 1.41 bits per heavy atom. The SMILES string of the molecule is CC(C)N(CC(N)=O)C(=O)C1CCCCN1.Cl. The highest BCUT2D eigenvalue weighted by Crippen LogP contribution is 2.11. The number of primary amides is 1. The summed E-state index contributed by atoms with van der Waals surface area (Å²) in [6, 6.07) is -0.140. The van der Waals surface area contributed by atoms with Gasteiger partial charge in [0.15, 0.2) is 0 Å². The summed E-state index contributed by atoms with van der Waals surface area (Å²) in [5.74, 6) is -0.466. The number of carbonyl (C=O) groups excluding carboxylic acids is 2. The van der Waals surface area contributed by atoms with Crippen molar-refractivity contribution < 1.29 is 9.59 Å². The average molecular weight is 264 g/mol. The highest BCUT2D eigenvalue weighted by Gasteiger charge is 2.27. The smallest absolute Gasteiger partial charge is 0.240 e. The minimum atomic E-state index is -0.460. The molecule has 1 heterocycles. The first-order valence-corrected chi connectivity index (χ1v) is 5.84. The lowest BCUT2D eigenvalue weighted by Crippen LogP contribution is -2.52. The Balaban J connectivity index is 0.00000256. The van der Waals surface area contributed by atoms with Crippen molar-refractivity contribution in [2.24, 2.45) is 5.73 Å². The van der Waals surface area contributed by atoms with Gasteiger partial charge in [0, 0.05) is 6.04 Å². The Morgan fingerprint density at radius 2 is 2.06 bits per heavy atom. The maximum absolute atomic E-state index is 12.1. The van der Waals surface area contributed by atoms with Gasteiger partial charge in [-0.1, -0.05) is 6.42 Å². The molecule has 0 aliphatic carbocycles. The number of amides is 2. The normalized spacial score (nSPS) is 19.6. The molecule has 2 amide bonds. The number of nitrogens with two attached hydrogens (primary N) is 1. The number of rotatable bonds is 4. The molecule has 6 heteroatoms. The van der Waals surface area contributed by atoms with E-state index in [2.05, 4.69) is 5.32 Å². The summed E-state index contributed by atoms with van der Waals surface area (Å²) in [7, 11) is 0. The predicted molar refractivity (Wildman–Crippen MR) is 68.9 cm³/mol. The first-order valence-electron chi connectivity index (χ1n) is 5.84. The van der Waals surface area contributed by atoms with E-state index < -0.39 is 5.91 Å². The Morgan fingerprint density at radius 3 is 2.47 bits per heavy atom. The molecule has 1 rings (SSSR count). The Bertz CT molecular complexity index is 265. The highest BCUT2D eigenvalue weighted by atomic mass is 35.5. The minimum absolute atomic E-state index is 0. The number of nitrogens with one attached hydrogen (secondary N) is 1. The van der Waals surface area contributed by atoms with Crippen LogP contribution in [0.1, 0.15) is 33.1 Å². The molecular formula is C11H22ClN3O2. The van der Waals surface area contributed by atoms with E-state index in [1.807, 2.05) is 13.8 Å². The molecule has 1 unspecified atom stereocenters. The van der Waals surface area contributed by atoms with Crippen LogP contribution in [0.3, 0.4) is 0 Å². The maximum atomic E-state index is 12.1. The van der Waals surface area contributed by atoms with Gasteiger partial charge in [-0.3, -0.25) is 9.59 Å². The van der Waals surface area contributed by atoms with Crippen molar-refractivity contribution in [1.82, 2.24) is 10.2 Å². The second-order valence-electron chi connectivity index (χ2n) is 4.53. The quantitative estimate of drug-likeness (QED) is 0.765. The summed E-state index contributed by atoms with van der Waals surface area (Å²) in [5, 5.41) is 3.18. The van der Waals surface area contributed by atoms with Gasteiger partial charge in [-0.2, -0.15) is 0 Å². The van der Waals surface area contributed by atoms with Crippen molar-refractivity contribution >= 4 is 24.2 Å². The zero-order valence-electron chi connectivity index (χ0n) is 10.4. The lowest BCUT2D eigenvalue weighted by Gasteiger charge is -2.31. The van der Waals surface area contributed by atoms with Crippen molar-refractivity contribution in [1.29, 1.82) is 0 Å². The lowest BCUT2D eigenvalue weighted by molar-refractivity contribution is -0.139. The van der Waals surface area contributed by atoms with E-state index in [1.165, 1.54) is 0 Å². The molecule has 17 heavy (non-hydrogen) atoms. The summed E-state index contributed by atoms with van der Waals surface area (Å²) in [6.45, 7) is 4.67. The first kappa shape index (κ1) is 16.2. The van der Waals surface area contributed by atoms with E-state index in [-0.39, 0.29) is 36.9 Å². The molecule has 0 aromatic carbocycles. The van der Waals surface area contributed by atoms with E-state index in [4.69, 9.17) is 5.73 Å². The molecular weight excluding hydrogens is 242 g/mol. The topological polar surface area (TPSA) is 75.4 Å². The fraction of sp³-hybridized carbons (Fsp3) is 0.818. The van der Waals surface area contributed by atoms with Gasteiger partial charge in [0.25, 0.3) is 0 Å². The number of nitrogens with zero attached hydrogens (tertiary/aromatic N) is 1. The molecule has 1 fully saturated rings. The summed E-state index contributed by atoms with van der Waals surface area (Å²) >= 11 is 0. The van der Waals surface area contributed by atoms with Gasteiger partial charge in [0.05, 0.1) is 12.6 Å². The Labute approximate surface area is 109 Å². The second-order valence-corrected chi connectivity index (χ2v) is 4.53. The highest BCUT2D eigenvalue weighted by molar-refractivity contribution is 5.87. The van der Waals surface area contributed by atoms with Crippen molar-refractivity contribution in [2.75, 3.05) is 13.1 Å². The minimum Gasteiger partial charge on any atom is -0.368 e. The molecule has 0 spiro atoms. The molecule has 5 nitrogen and oxygen atoms in total. The molecule has 3 N–H and O–H groups in total. The Hall–Kier alpha value is -0.810. The first-order chi connectivity index (χ1) is 7.52. The van der Waals surface area contributed by atoms with Gasteiger partial charge < -0.3 is 16.0 Å². The fourth-order valence-electron chi connectivity index (χ4n) is 1.95. The van der Waals surface area contributed by atoms with Crippen LogP contribution in [0.25, 0.3) is 0 Å². The summed E-state index contributed by atoms with van der Waals surface area (Å²) in [5.41, 5.74) is 5.15. The second kappa shape index (κ2) is 7.50. The van der Waals surface area contributed by atoms with Crippen LogP contribution >= 0.6 is 12.4 Å². The molecule has 0 radical (unpaired) electrons. The van der Waals surface area contributed by atoms with Crippen LogP contribution in [0.4, 0.5) is 0 Å². The van der Waals surface area contributed by atoms with Gasteiger partial charge in [-0.25, -0.2) is 0 Å². The van der Waals surface area contributed by atoms with Crippen LogP contribution in [0.15, 0.2) is 0 Å². The Kier molecular flexibility index (Phi) is 7.15. The molecule has 0 aromatic heterocycles. The van der Waals surface area contributed by atoms with Crippen molar-refractivity contribution in [3.63, 3.8) is 0 Å². The van der Waals surface area contributed by atoms with Crippen LogP contribution in [0.5, 0.6) is 0 Å². The average Bonchev–Trinajstić information content (AvgIpc) is 2.25. The fourth-order valence-corrected chi connectivity index (χ4v) is 1.95. The standard InChI is InChI=1S/C11H21N3O2.ClH/c1-8(2)14(7-10(12)15)11(16)9-5-3-4-6-13-9;/h8-9,13H,3-7H2,1-2H3,(H2,12,15);1H. The summed E-state index contributed by atoms with van der Waals surface area (Å²) in [4.78, 5) is 24.6. The number of carbonyl (C=O) groups is 2. The van der Waals surface area contributed by atoms with Crippen LogP contribution < -0.4 is 11.1 Å². The van der Waals surface area contributed by atoms with E-state index in [9.17, 15) is 9.59 Å². The van der Waals surface area contributed by atoms with Crippen molar-refractivity contribution in [2.45, 2.75) is 45.2 Å². The number of piperidine rings is 1. The van der Waals surface area contributed by atoms with Gasteiger partial charge in [0.1, 0.15) is 0 Å². The van der Waals surface area contributed by atoms with Gasteiger partial charge in [0.2, 0.25) is 11.8 Å². The third-order valence-corrected chi connectivity index (χ3v) is 2.84. The number of hydrogen-bond donors (Lipinski definition) is 2. The molecule has 1 aliphatic rings. The van der Waals surface area contributed by atoms with Crippen LogP contribution in [0, 0.1) is 0 Å². The molecule has 0 aromatic rings. The number of hydrogen-bond acceptors (Lipinski definition) is 3. The largest absolute Gasteiger partial charge is 0.368 e. The van der Waals surface area contributed by atoms with E-state index in [0.717, 1.165) is 25.8 Å². The zero-order valence-corrected chi connectivity index (χ0v) is 11.3. The van der Waals surface area contributed by atoms with Gasteiger partial charge in [-0.15, -0.1) is 12.4 Å². The predicted octanol–water partition coefficient (Wildman–Crippen LogP) is 0.273. The van der Waals surface area contributed by atoms with E-state index in [0.29, 0.717) is 0 Å². The van der Waals surface area contributed by atoms with Gasteiger partial charge in [-0.05, 0) is 33.2 Å². The van der Waals surface area contributed by atoms with Crippen molar-refractivity contribution in [3.05, 3.63) is 0 Å². The molecule has 1 aliphatic heterocycles. The van der Waals surface area contributed by atoms with Crippen LogP contribution in [-0.2, 0) is 9.59 Å². The van der Waals surface area contributed by atoms with E-state index in [1.54, 1.807) is 4.90 Å². The van der Waals surface area contributed by atoms with Crippen LogP contribution in [0.2, 0.25) is 0 Å². The summed E-state index contributed by atoms with van der Waals surface area (Å²) in [6.07, 6.45) is 3.02. The third-order valence-electron chi connectivity index (χ3n) is 2.84.